The highest BCUT2D eigenvalue weighted by Crippen LogP contribution is 2.26. The maximum atomic E-state index is 12.6. The van der Waals surface area contributed by atoms with Crippen LogP contribution in [0.25, 0.3) is 0 Å². The van der Waals surface area contributed by atoms with E-state index in [9.17, 15) is 8.42 Å². The van der Waals surface area contributed by atoms with Gasteiger partial charge in [0, 0.05) is 12.6 Å². The second kappa shape index (κ2) is 4.64. The molecule has 1 aromatic rings. The number of hydrogen-bond acceptors (Lipinski definition) is 5. The minimum absolute atomic E-state index is 0.101. The van der Waals surface area contributed by atoms with E-state index in [1.54, 1.807) is 13.8 Å². The lowest BCUT2D eigenvalue weighted by Crippen LogP contribution is -2.50. The molecule has 0 N–H and O–H groups in total. The summed E-state index contributed by atoms with van der Waals surface area (Å²) in [4.78, 5) is 0.184. The van der Waals surface area contributed by atoms with Crippen LogP contribution < -0.4 is 0 Å². The maximum Gasteiger partial charge on any atom is 0.248 e. The Morgan fingerprint density at radius 3 is 2.56 bits per heavy atom. The van der Waals surface area contributed by atoms with E-state index in [0.717, 1.165) is 0 Å². The number of sulfonamides is 1. The van der Waals surface area contributed by atoms with E-state index < -0.39 is 10.0 Å². The second-order valence-electron chi connectivity index (χ2n) is 4.72. The molecule has 0 radical (unpaired) electrons. The zero-order valence-corrected chi connectivity index (χ0v) is 11.8. The molecule has 18 heavy (non-hydrogen) atoms. The third-order valence-corrected chi connectivity index (χ3v) is 5.31. The van der Waals surface area contributed by atoms with Crippen molar-refractivity contribution in [1.29, 1.82) is 0 Å². The molecule has 0 saturated carbocycles. The molecule has 0 aromatic carbocycles. The van der Waals surface area contributed by atoms with Crippen LogP contribution in [0.4, 0.5) is 0 Å². The Labute approximate surface area is 107 Å². The van der Waals surface area contributed by atoms with Gasteiger partial charge in [-0.1, -0.05) is 5.16 Å². The molecule has 0 bridgehead atoms. The van der Waals surface area contributed by atoms with E-state index in [1.807, 2.05) is 13.8 Å². The van der Waals surface area contributed by atoms with Gasteiger partial charge in [0.25, 0.3) is 0 Å². The topological polar surface area (TPSA) is 72.6 Å². The van der Waals surface area contributed by atoms with Crippen molar-refractivity contribution in [2.75, 3.05) is 13.2 Å². The van der Waals surface area contributed by atoms with Crippen LogP contribution in [-0.2, 0) is 14.8 Å². The first kappa shape index (κ1) is 13.5. The highest BCUT2D eigenvalue weighted by Gasteiger charge is 2.37. The first-order chi connectivity index (χ1) is 8.34. The minimum atomic E-state index is -3.57. The van der Waals surface area contributed by atoms with E-state index in [1.165, 1.54) is 4.31 Å². The summed E-state index contributed by atoms with van der Waals surface area (Å²) in [7, 11) is -3.57. The number of aromatic nitrogens is 1. The molecule has 0 amide bonds. The van der Waals surface area contributed by atoms with Crippen LogP contribution in [0.15, 0.2) is 9.42 Å². The first-order valence-electron chi connectivity index (χ1n) is 5.90. The fourth-order valence-corrected chi connectivity index (χ4v) is 4.15. The largest absolute Gasteiger partial charge is 0.375 e. The van der Waals surface area contributed by atoms with Crippen LogP contribution in [0.2, 0.25) is 0 Å². The molecule has 1 aliphatic heterocycles. The Morgan fingerprint density at radius 1 is 1.33 bits per heavy atom. The fourth-order valence-electron chi connectivity index (χ4n) is 2.17. The fraction of sp³-hybridized carbons (Fsp3) is 0.727. The Bertz CT molecular complexity index is 518. The van der Waals surface area contributed by atoms with Gasteiger partial charge in [-0.15, -0.1) is 0 Å². The summed E-state index contributed by atoms with van der Waals surface area (Å²) < 4.78 is 37.1. The predicted octanol–water partition coefficient (Wildman–Crippen LogP) is 1.09. The molecule has 1 aliphatic rings. The van der Waals surface area contributed by atoms with Gasteiger partial charge in [-0.2, -0.15) is 4.31 Å². The quantitative estimate of drug-likeness (QED) is 0.807. The smallest absolute Gasteiger partial charge is 0.248 e. The van der Waals surface area contributed by atoms with Crippen LogP contribution in [-0.4, -0.2) is 43.2 Å². The van der Waals surface area contributed by atoms with E-state index in [4.69, 9.17) is 9.26 Å². The van der Waals surface area contributed by atoms with Crippen molar-refractivity contribution in [3.63, 3.8) is 0 Å². The average Bonchev–Trinajstić information content (AvgIpc) is 2.62. The summed E-state index contributed by atoms with van der Waals surface area (Å²) in [5.74, 6) is 0.332. The molecular weight excluding hydrogens is 256 g/mol. The highest BCUT2D eigenvalue weighted by atomic mass is 32.2. The third kappa shape index (κ3) is 2.17. The second-order valence-corrected chi connectivity index (χ2v) is 6.55. The molecule has 7 heteroatoms. The molecule has 1 saturated heterocycles. The van der Waals surface area contributed by atoms with Crippen molar-refractivity contribution < 1.29 is 17.7 Å². The van der Waals surface area contributed by atoms with Crippen LogP contribution >= 0.6 is 0 Å². The van der Waals surface area contributed by atoms with Crippen LogP contribution in [0.1, 0.15) is 25.3 Å². The molecule has 0 aliphatic carbocycles. The van der Waals surface area contributed by atoms with Gasteiger partial charge >= 0.3 is 0 Å². The lowest BCUT2D eigenvalue weighted by molar-refractivity contribution is -0.0171. The van der Waals surface area contributed by atoms with Crippen molar-refractivity contribution in [3.8, 4) is 0 Å². The highest BCUT2D eigenvalue weighted by molar-refractivity contribution is 7.89. The number of ether oxygens (including phenoxy) is 1. The summed E-state index contributed by atoms with van der Waals surface area (Å²) in [6.07, 6.45) is -0.101. The number of aryl methyl sites for hydroxylation is 2. The zero-order chi connectivity index (χ0) is 13.5. The lowest BCUT2D eigenvalue weighted by atomic mass is 10.2. The molecule has 102 valence electrons. The van der Waals surface area contributed by atoms with Crippen molar-refractivity contribution in [2.45, 2.75) is 44.7 Å². The molecule has 2 heterocycles. The summed E-state index contributed by atoms with van der Waals surface area (Å²) in [6, 6.07) is -0.181. The molecule has 0 spiro atoms. The minimum Gasteiger partial charge on any atom is -0.375 e. The summed E-state index contributed by atoms with van der Waals surface area (Å²) in [5.41, 5.74) is 0.402. The molecule has 2 atom stereocenters. The predicted molar refractivity (Wildman–Crippen MR) is 64.7 cm³/mol. The van der Waals surface area contributed by atoms with Gasteiger partial charge in [0.2, 0.25) is 10.0 Å². The molecule has 1 fully saturated rings. The van der Waals surface area contributed by atoms with Gasteiger partial charge in [-0.25, -0.2) is 8.42 Å². The van der Waals surface area contributed by atoms with Gasteiger partial charge < -0.3 is 9.26 Å². The number of nitrogens with zero attached hydrogens (tertiary/aromatic N) is 2. The molecular formula is C11H18N2O4S. The summed E-state index contributed by atoms with van der Waals surface area (Å²) in [6.45, 7) is 7.71. The molecule has 6 nitrogen and oxygen atoms in total. The van der Waals surface area contributed by atoms with Gasteiger partial charge in [-0.3, -0.25) is 0 Å². The van der Waals surface area contributed by atoms with Gasteiger partial charge in [-0.05, 0) is 27.7 Å². The standard InChI is InChI=1S/C11H18N2O4S/c1-7-6-16-8(2)5-13(7)18(14,15)11-9(3)12-17-10(11)4/h7-8H,5-6H2,1-4H3/t7-,8-/m1/s1. The van der Waals surface area contributed by atoms with Crippen molar-refractivity contribution in [2.24, 2.45) is 0 Å². The lowest BCUT2D eigenvalue weighted by Gasteiger charge is -2.35. The Kier molecular flexibility index (Phi) is 3.48. The molecule has 1 aromatic heterocycles. The molecule has 2 rings (SSSR count). The van der Waals surface area contributed by atoms with Gasteiger partial charge in [0.15, 0.2) is 5.76 Å². The van der Waals surface area contributed by atoms with E-state index in [0.29, 0.717) is 24.6 Å². The van der Waals surface area contributed by atoms with Crippen molar-refractivity contribution in [1.82, 2.24) is 9.46 Å². The van der Waals surface area contributed by atoms with Crippen LogP contribution in [0, 0.1) is 13.8 Å². The number of morpholine rings is 1. The normalized spacial score (nSPS) is 26.4. The molecule has 0 unspecified atom stereocenters. The third-order valence-electron chi connectivity index (χ3n) is 3.09. The SMILES string of the molecule is Cc1noc(C)c1S(=O)(=O)N1C[C@@H](C)OC[C@H]1C. The van der Waals surface area contributed by atoms with Crippen LogP contribution in [0.3, 0.4) is 0 Å². The summed E-state index contributed by atoms with van der Waals surface area (Å²) in [5, 5.41) is 3.71. The van der Waals surface area contributed by atoms with E-state index >= 15 is 0 Å². The number of hydrogen-bond donors (Lipinski definition) is 0. The first-order valence-corrected chi connectivity index (χ1v) is 7.34. The average molecular weight is 274 g/mol. The Balaban J connectivity index is 2.42. The maximum absolute atomic E-state index is 12.6. The number of rotatable bonds is 2. The zero-order valence-electron chi connectivity index (χ0n) is 11.0. The summed E-state index contributed by atoms with van der Waals surface area (Å²) >= 11 is 0. The van der Waals surface area contributed by atoms with Gasteiger partial charge in [0.1, 0.15) is 10.6 Å². The van der Waals surface area contributed by atoms with Crippen molar-refractivity contribution >= 4 is 10.0 Å². The van der Waals surface area contributed by atoms with Gasteiger partial charge in [0.05, 0.1) is 12.7 Å². The Hall–Kier alpha value is -0.920. The van der Waals surface area contributed by atoms with E-state index in [2.05, 4.69) is 5.16 Å². The van der Waals surface area contributed by atoms with Crippen LogP contribution in [0.5, 0.6) is 0 Å². The van der Waals surface area contributed by atoms with E-state index in [-0.39, 0.29) is 17.0 Å². The van der Waals surface area contributed by atoms with Crippen molar-refractivity contribution in [3.05, 3.63) is 11.5 Å². The monoisotopic (exact) mass is 274 g/mol. The Morgan fingerprint density at radius 2 is 2.00 bits per heavy atom.